The van der Waals surface area contributed by atoms with Crippen molar-refractivity contribution in [3.05, 3.63) is 63.3 Å². The zero-order valence-electron chi connectivity index (χ0n) is 10.7. The van der Waals surface area contributed by atoms with Crippen LogP contribution < -0.4 is 11.2 Å². The van der Waals surface area contributed by atoms with Crippen molar-refractivity contribution in [3.8, 4) is 5.69 Å². The van der Waals surface area contributed by atoms with E-state index in [2.05, 4.69) is 0 Å². The Morgan fingerprint density at radius 1 is 1.25 bits per heavy atom. The van der Waals surface area contributed by atoms with Gasteiger partial charge in [0.25, 0.3) is 5.91 Å². The summed E-state index contributed by atoms with van der Waals surface area (Å²) in [5.74, 6) is -1.18. The Morgan fingerprint density at radius 2 is 2.00 bits per heavy atom. The van der Waals surface area contributed by atoms with E-state index in [-0.39, 0.29) is 11.0 Å². The predicted octanol–water partition coefficient (Wildman–Crippen LogP) is 1.56. The normalized spacial score (nSPS) is 13.2. The standard InChI is InChI=1S/C15H13FN2O2/c16-11-5-1-2-6-13(11)18-8-10(15(17)20)14(19)9-4-3-7-12(9)18/h1-2,5-6,8H,3-4,7H2,(H2,17,20). The maximum Gasteiger partial charge on any atom is 0.254 e. The van der Waals surface area contributed by atoms with Crippen molar-refractivity contribution in [1.82, 2.24) is 4.57 Å². The minimum atomic E-state index is -0.783. The van der Waals surface area contributed by atoms with Crippen LogP contribution in [-0.4, -0.2) is 10.5 Å². The summed E-state index contributed by atoms with van der Waals surface area (Å²) in [6, 6.07) is 6.26. The maximum absolute atomic E-state index is 14.0. The molecule has 1 aromatic carbocycles. The fraction of sp³-hybridized carbons (Fsp3) is 0.200. The first-order valence-corrected chi connectivity index (χ1v) is 6.41. The lowest BCUT2D eigenvalue weighted by molar-refractivity contribution is 0.0998. The van der Waals surface area contributed by atoms with Gasteiger partial charge in [-0.1, -0.05) is 12.1 Å². The van der Waals surface area contributed by atoms with E-state index >= 15 is 0 Å². The van der Waals surface area contributed by atoms with Crippen molar-refractivity contribution in [3.63, 3.8) is 0 Å². The minimum Gasteiger partial charge on any atom is -0.365 e. The molecule has 0 radical (unpaired) electrons. The molecule has 4 nitrogen and oxygen atoms in total. The number of fused-ring (bicyclic) bond motifs is 1. The highest BCUT2D eigenvalue weighted by Crippen LogP contribution is 2.24. The summed E-state index contributed by atoms with van der Waals surface area (Å²) in [6.45, 7) is 0. The highest BCUT2D eigenvalue weighted by Gasteiger charge is 2.23. The van der Waals surface area contributed by atoms with Crippen molar-refractivity contribution >= 4 is 5.91 Å². The van der Waals surface area contributed by atoms with Gasteiger partial charge in [0, 0.05) is 17.5 Å². The summed E-state index contributed by atoms with van der Waals surface area (Å²) in [4.78, 5) is 23.6. The van der Waals surface area contributed by atoms with Gasteiger partial charge in [-0.05, 0) is 31.4 Å². The van der Waals surface area contributed by atoms with Gasteiger partial charge in [0.05, 0.1) is 5.69 Å². The molecular formula is C15H13FN2O2. The minimum absolute atomic E-state index is 0.0890. The van der Waals surface area contributed by atoms with Gasteiger partial charge in [0.1, 0.15) is 11.4 Å². The van der Waals surface area contributed by atoms with E-state index in [1.165, 1.54) is 12.3 Å². The number of halogens is 1. The number of rotatable bonds is 2. The van der Waals surface area contributed by atoms with Gasteiger partial charge in [-0.3, -0.25) is 9.59 Å². The summed E-state index contributed by atoms with van der Waals surface area (Å²) in [5.41, 5.74) is 6.51. The van der Waals surface area contributed by atoms with Crippen LogP contribution in [0.15, 0.2) is 35.3 Å². The molecule has 0 saturated carbocycles. The largest absolute Gasteiger partial charge is 0.365 e. The van der Waals surface area contributed by atoms with Crippen LogP contribution in [-0.2, 0) is 12.8 Å². The molecule has 1 amide bonds. The number of nitrogens with zero attached hydrogens (tertiary/aromatic N) is 1. The first-order chi connectivity index (χ1) is 9.59. The number of primary amides is 1. The second-order valence-electron chi connectivity index (χ2n) is 4.84. The topological polar surface area (TPSA) is 65.1 Å². The Morgan fingerprint density at radius 3 is 2.70 bits per heavy atom. The fourth-order valence-electron chi connectivity index (χ4n) is 2.70. The number of aromatic nitrogens is 1. The number of carbonyl (C=O) groups excluding carboxylic acids is 1. The van der Waals surface area contributed by atoms with Gasteiger partial charge >= 0.3 is 0 Å². The van der Waals surface area contributed by atoms with E-state index in [1.807, 2.05) is 0 Å². The summed E-state index contributed by atoms with van der Waals surface area (Å²) < 4.78 is 15.5. The van der Waals surface area contributed by atoms with Crippen LogP contribution in [0.5, 0.6) is 0 Å². The summed E-state index contributed by atoms with van der Waals surface area (Å²) in [7, 11) is 0. The molecule has 102 valence electrons. The van der Waals surface area contributed by atoms with Gasteiger partial charge in [-0.25, -0.2) is 4.39 Å². The first-order valence-electron chi connectivity index (χ1n) is 6.41. The molecule has 0 unspecified atom stereocenters. The third-order valence-electron chi connectivity index (χ3n) is 3.63. The van der Waals surface area contributed by atoms with Gasteiger partial charge in [-0.2, -0.15) is 0 Å². The second-order valence-corrected chi connectivity index (χ2v) is 4.84. The molecule has 0 spiro atoms. The van der Waals surface area contributed by atoms with Gasteiger partial charge in [0.15, 0.2) is 5.43 Å². The molecule has 3 rings (SSSR count). The molecule has 1 aliphatic rings. The molecule has 1 heterocycles. The predicted molar refractivity (Wildman–Crippen MR) is 72.5 cm³/mol. The third kappa shape index (κ3) is 1.82. The Hall–Kier alpha value is -2.43. The summed E-state index contributed by atoms with van der Waals surface area (Å²) >= 11 is 0. The van der Waals surface area contributed by atoms with Crippen LogP contribution >= 0.6 is 0 Å². The molecule has 2 aromatic rings. The smallest absolute Gasteiger partial charge is 0.254 e. The molecule has 0 atom stereocenters. The van der Waals surface area contributed by atoms with Crippen LogP contribution in [0.1, 0.15) is 28.0 Å². The summed E-state index contributed by atoms with van der Waals surface area (Å²) in [5, 5.41) is 0. The van der Waals surface area contributed by atoms with Gasteiger partial charge in [-0.15, -0.1) is 0 Å². The number of para-hydroxylation sites is 1. The van der Waals surface area contributed by atoms with Crippen molar-refractivity contribution in [1.29, 1.82) is 0 Å². The number of carbonyl (C=O) groups is 1. The van der Waals surface area contributed by atoms with E-state index in [0.717, 1.165) is 12.1 Å². The highest BCUT2D eigenvalue weighted by molar-refractivity contribution is 5.92. The van der Waals surface area contributed by atoms with E-state index < -0.39 is 11.7 Å². The molecule has 1 aromatic heterocycles. The molecular weight excluding hydrogens is 259 g/mol. The van der Waals surface area contributed by atoms with Crippen LogP contribution in [0.3, 0.4) is 0 Å². The van der Waals surface area contributed by atoms with Crippen molar-refractivity contribution < 1.29 is 9.18 Å². The lowest BCUT2D eigenvalue weighted by Crippen LogP contribution is -2.27. The SMILES string of the molecule is NC(=O)c1cn(-c2ccccc2F)c2c(c1=O)CCC2. The third-order valence-corrected chi connectivity index (χ3v) is 3.63. The van der Waals surface area contributed by atoms with E-state index in [0.29, 0.717) is 24.1 Å². The Labute approximate surface area is 114 Å². The number of hydrogen-bond donors (Lipinski definition) is 1. The molecule has 5 heteroatoms. The molecule has 0 bridgehead atoms. The van der Waals surface area contributed by atoms with Crippen LogP contribution in [0.25, 0.3) is 5.69 Å². The van der Waals surface area contributed by atoms with Crippen LogP contribution in [0, 0.1) is 5.82 Å². The number of benzene rings is 1. The van der Waals surface area contributed by atoms with Crippen molar-refractivity contribution in [2.45, 2.75) is 19.3 Å². The zero-order chi connectivity index (χ0) is 14.3. The van der Waals surface area contributed by atoms with E-state index in [1.54, 1.807) is 22.8 Å². The number of pyridine rings is 1. The zero-order valence-corrected chi connectivity index (χ0v) is 10.7. The highest BCUT2D eigenvalue weighted by atomic mass is 19.1. The molecule has 20 heavy (non-hydrogen) atoms. The lowest BCUT2D eigenvalue weighted by Gasteiger charge is -2.15. The average Bonchev–Trinajstić information content (AvgIpc) is 2.90. The van der Waals surface area contributed by atoms with Gasteiger partial charge in [0.2, 0.25) is 0 Å². The number of nitrogens with two attached hydrogens (primary N) is 1. The number of amides is 1. The maximum atomic E-state index is 14.0. The Bertz CT molecular complexity index is 765. The fourth-order valence-corrected chi connectivity index (χ4v) is 2.70. The molecule has 1 aliphatic carbocycles. The quantitative estimate of drug-likeness (QED) is 0.901. The number of hydrogen-bond acceptors (Lipinski definition) is 2. The average molecular weight is 272 g/mol. The van der Waals surface area contributed by atoms with Crippen molar-refractivity contribution in [2.24, 2.45) is 5.73 Å². The molecule has 0 aliphatic heterocycles. The van der Waals surface area contributed by atoms with Crippen molar-refractivity contribution in [2.75, 3.05) is 0 Å². The van der Waals surface area contributed by atoms with Gasteiger partial charge < -0.3 is 10.3 Å². The monoisotopic (exact) mass is 272 g/mol. The Balaban J connectivity index is 2.35. The Kier molecular flexibility index (Phi) is 2.89. The first kappa shape index (κ1) is 12.6. The van der Waals surface area contributed by atoms with E-state index in [4.69, 9.17) is 5.73 Å². The lowest BCUT2D eigenvalue weighted by atomic mass is 10.1. The van der Waals surface area contributed by atoms with Crippen LogP contribution in [0.4, 0.5) is 4.39 Å². The molecule has 0 fully saturated rings. The second kappa shape index (κ2) is 4.59. The summed E-state index contributed by atoms with van der Waals surface area (Å²) in [6.07, 6.45) is 3.47. The molecule has 2 N–H and O–H groups in total. The molecule has 0 saturated heterocycles. The van der Waals surface area contributed by atoms with E-state index in [9.17, 15) is 14.0 Å². The van der Waals surface area contributed by atoms with Crippen LogP contribution in [0.2, 0.25) is 0 Å².